The number of aromatic hydroxyl groups is 1. The second-order valence-electron chi connectivity index (χ2n) is 3.14. The number of phenols is 1. The van der Waals surface area contributed by atoms with Crippen LogP contribution >= 0.6 is 15.9 Å². The molecular formula is C11H4BrF3N2O. The van der Waals surface area contributed by atoms with E-state index in [0.717, 1.165) is 12.1 Å². The van der Waals surface area contributed by atoms with E-state index in [-0.39, 0.29) is 4.47 Å². The van der Waals surface area contributed by atoms with Gasteiger partial charge in [0.05, 0.1) is 10.0 Å². The minimum atomic E-state index is -4.69. The molecule has 0 aliphatic heterocycles. The van der Waals surface area contributed by atoms with E-state index in [1.54, 1.807) is 0 Å². The van der Waals surface area contributed by atoms with Crippen molar-refractivity contribution in [3.63, 3.8) is 0 Å². The highest BCUT2D eigenvalue weighted by atomic mass is 79.9. The van der Waals surface area contributed by atoms with Crippen LogP contribution in [0.25, 0.3) is 6.08 Å². The third-order valence-corrected chi connectivity index (χ3v) is 2.64. The van der Waals surface area contributed by atoms with Gasteiger partial charge in [-0.05, 0) is 34.1 Å². The van der Waals surface area contributed by atoms with Gasteiger partial charge >= 0.3 is 6.18 Å². The van der Waals surface area contributed by atoms with Gasteiger partial charge in [-0.3, -0.25) is 0 Å². The Morgan fingerprint density at radius 3 is 2.28 bits per heavy atom. The predicted octanol–water partition coefficient (Wildman–Crippen LogP) is 3.60. The van der Waals surface area contributed by atoms with E-state index >= 15 is 0 Å². The van der Waals surface area contributed by atoms with Gasteiger partial charge in [-0.1, -0.05) is 0 Å². The van der Waals surface area contributed by atoms with Gasteiger partial charge in [0, 0.05) is 5.56 Å². The average molecular weight is 317 g/mol. The number of alkyl halides is 3. The zero-order valence-electron chi connectivity index (χ0n) is 8.59. The van der Waals surface area contributed by atoms with Crippen LogP contribution in [0.4, 0.5) is 13.2 Å². The summed E-state index contributed by atoms with van der Waals surface area (Å²) < 4.78 is 38.1. The second kappa shape index (κ2) is 5.11. The summed E-state index contributed by atoms with van der Waals surface area (Å²) >= 11 is 2.87. The van der Waals surface area contributed by atoms with Crippen molar-refractivity contribution < 1.29 is 18.3 Å². The smallest absolute Gasteiger partial charge is 0.417 e. The number of nitrogens with zero attached hydrogens (tertiary/aromatic N) is 2. The summed E-state index contributed by atoms with van der Waals surface area (Å²) in [5, 5.41) is 26.6. The molecule has 0 saturated heterocycles. The molecule has 0 aliphatic carbocycles. The number of halogens is 4. The molecular weight excluding hydrogens is 313 g/mol. The van der Waals surface area contributed by atoms with Crippen molar-refractivity contribution in [2.75, 3.05) is 0 Å². The van der Waals surface area contributed by atoms with Crippen LogP contribution in [0, 0.1) is 22.7 Å². The first-order valence-corrected chi connectivity index (χ1v) is 5.21. The molecule has 0 radical (unpaired) electrons. The van der Waals surface area contributed by atoms with Crippen LogP contribution in [0.15, 0.2) is 22.2 Å². The molecule has 0 saturated carbocycles. The number of nitriles is 2. The first-order chi connectivity index (χ1) is 8.31. The van der Waals surface area contributed by atoms with E-state index in [1.165, 1.54) is 12.1 Å². The molecule has 0 bridgehead atoms. The molecule has 0 aliphatic rings. The van der Waals surface area contributed by atoms with Crippen molar-refractivity contribution in [3.05, 3.63) is 33.3 Å². The van der Waals surface area contributed by atoms with Gasteiger partial charge in [0.1, 0.15) is 23.5 Å². The summed E-state index contributed by atoms with van der Waals surface area (Å²) in [7, 11) is 0. The van der Waals surface area contributed by atoms with E-state index in [0.29, 0.717) is 6.08 Å². The van der Waals surface area contributed by atoms with E-state index < -0.39 is 28.6 Å². The summed E-state index contributed by atoms with van der Waals surface area (Å²) in [6, 6.07) is 4.65. The molecule has 0 fully saturated rings. The van der Waals surface area contributed by atoms with E-state index in [2.05, 4.69) is 15.9 Å². The Morgan fingerprint density at radius 1 is 1.28 bits per heavy atom. The quantitative estimate of drug-likeness (QED) is 0.805. The molecule has 1 N–H and O–H groups in total. The molecule has 18 heavy (non-hydrogen) atoms. The summed E-state index contributed by atoms with van der Waals surface area (Å²) in [5.41, 5.74) is -2.27. The number of hydrogen-bond acceptors (Lipinski definition) is 3. The molecule has 0 atom stereocenters. The number of rotatable bonds is 1. The lowest BCUT2D eigenvalue weighted by Crippen LogP contribution is -2.07. The topological polar surface area (TPSA) is 67.8 Å². The van der Waals surface area contributed by atoms with Gasteiger partial charge in [0.25, 0.3) is 0 Å². The average Bonchev–Trinajstić information content (AvgIpc) is 2.29. The van der Waals surface area contributed by atoms with Gasteiger partial charge in [-0.2, -0.15) is 23.7 Å². The van der Waals surface area contributed by atoms with Crippen LogP contribution in [0.5, 0.6) is 5.75 Å². The summed E-state index contributed by atoms with van der Waals surface area (Å²) in [4.78, 5) is 0. The first kappa shape index (κ1) is 14.1. The van der Waals surface area contributed by atoms with E-state index in [1.807, 2.05) is 0 Å². The molecule has 0 spiro atoms. The monoisotopic (exact) mass is 316 g/mol. The Hall–Kier alpha value is -1.99. The highest BCUT2D eigenvalue weighted by Gasteiger charge is 2.34. The number of hydrogen-bond donors (Lipinski definition) is 1. The molecule has 0 amide bonds. The predicted molar refractivity (Wildman–Crippen MR) is 60.0 cm³/mol. The van der Waals surface area contributed by atoms with Crippen molar-refractivity contribution >= 4 is 22.0 Å². The van der Waals surface area contributed by atoms with Crippen LogP contribution in [0.3, 0.4) is 0 Å². The maximum atomic E-state index is 12.7. The van der Waals surface area contributed by atoms with Crippen LogP contribution in [0.1, 0.15) is 11.1 Å². The van der Waals surface area contributed by atoms with E-state index in [4.69, 9.17) is 10.5 Å². The van der Waals surface area contributed by atoms with Crippen LogP contribution < -0.4 is 0 Å². The molecule has 1 rings (SSSR count). The minimum absolute atomic E-state index is 0.0389. The zero-order valence-corrected chi connectivity index (χ0v) is 10.2. The Bertz CT molecular complexity index is 578. The van der Waals surface area contributed by atoms with Crippen molar-refractivity contribution in [2.45, 2.75) is 6.18 Å². The van der Waals surface area contributed by atoms with Gasteiger partial charge < -0.3 is 5.11 Å². The molecule has 92 valence electrons. The summed E-state index contributed by atoms with van der Waals surface area (Å²) in [6.07, 6.45) is -4.00. The SMILES string of the molecule is N#CC(C#N)=Cc1c(C(F)(F)F)ccc(Br)c1O. The molecule has 0 aromatic heterocycles. The number of benzene rings is 1. The molecule has 0 heterocycles. The van der Waals surface area contributed by atoms with Gasteiger partial charge in [-0.15, -0.1) is 0 Å². The van der Waals surface area contributed by atoms with Crippen LogP contribution in [0.2, 0.25) is 0 Å². The second-order valence-corrected chi connectivity index (χ2v) is 3.99. The van der Waals surface area contributed by atoms with Gasteiger partial charge in [-0.25, -0.2) is 0 Å². The third kappa shape index (κ3) is 2.82. The first-order valence-electron chi connectivity index (χ1n) is 4.41. The van der Waals surface area contributed by atoms with E-state index in [9.17, 15) is 18.3 Å². The Morgan fingerprint density at radius 2 is 1.83 bits per heavy atom. The fourth-order valence-corrected chi connectivity index (χ4v) is 1.55. The number of phenolic OH excluding ortho intramolecular Hbond substituents is 1. The van der Waals surface area contributed by atoms with Crippen LogP contribution in [-0.4, -0.2) is 5.11 Å². The molecule has 3 nitrogen and oxygen atoms in total. The summed E-state index contributed by atoms with van der Waals surface area (Å²) in [5.74, 6) is -0.673. The third-order valence-electron chi connectivity index (χ3n) is 2.00. The minimum Gasteiger partial charge on any atom is -0.506 e. The van der Waals surface area contributed by atoms with Crippen LogP contribution in [-0.2, 0) is 6.18 Å². The van der Waals surface area contributed by atoms with Gasteiger partial charge in [0.15, 0.2) is 0 Å². The fraction of sp³-hybridized carbons (Fsp3) is 0.0909. The Labute approximate surface area is 109 Å². The molecule has 7 heteroatoms. The maximum absolute atomic E-state index is 12.7. The van der Waals surface area contributed by atoms with Crippen molar-refractivity contribution in [1.29, 1.82) is 10.5 Å². The number of allylic oxidation sites excluding steroid dienone is 1. The lowest BCUT2D eigenvalue weighted by molar-refractivity contribution is -0.137. The lowest BCUT2D eigenvalue weighted by Gasteiger charge is -2.12. The zero-order chi connectivity index (χ0) is 13.9. The Kier molecular flexibility index (Phi) is 4.00. The molecule has 1 aromatic rings. The molecule has 1 aromatic carbocycles. The lowest BCUT2D eigenvalue weighted by atomic mass is 10.0. The highest BCUT2D eigenvalue weighted by molar-refractivity contribution is 9.10. The summed E-state index contributed by atoms with van der Waals surface area (Å²) in [6.45, 7) is 0. The largest absolute Gasteiger partial charge is 0.506 e. The standard InChI is InChI=1S/C11H4BrF3N2O/c12-9-2-1-8(11(13,14)15)7(10(9)18)3-6(4-16)5-17/h1-3,18H. The molecule has 0 unspecified atom stereocenters. The Balaban J connectivity index is 3.61. The van der Waals surface area contributed by atoms with Crippen molar-refractivity contribution in [2.24, 2.45) is 0 Å². The maximum Gasteiger partial charge on any atom is 0.417 e. The van der Waals surface area contributed by atoms with Crippen molar-refractivity contribution in [1.82, 2.24) is 0 Å². The fourth-order valence-electron chi connectivity index (χ4n) is 1.21. The normalized spacial score (nSPS) is 10.3. The highest BCUT2D eigenvalue weighted by Crippen LogP contribution is 2.40. The van der Waals surface area contributed by atoms with Crippen molar-refractivity contribution in [3.8, 4) is 17.9 Å². The van der Waals surface area contributed by atoms with Gasteiger partial charge in [0.2, 0.25) is 0 Å².